The third kappa shape index (κ3) is 51.6. The Morgan fingerprint density at radius 3 is 1.12 bits per heavy atom. The van der Waals surface area contributed by atoms with E-state index in [1.807, 2.05) is 0 Å². The van der Waals surface area contributed by atoms with Crippen LogP contribution >= 0.6 is 7.82 Å². The largest absolute Gasteiger partial charge is 0.472 e. The number of carbonyl (C=O) groups is 3. The number of hydrogen-bond donors (Lipinski definition) is 2. The van der Waals surface area contributed by atoms with Crippen LogP contribution in [0, 0.1) is 0 Å². The van der Waals surface area contributed by atoms with Crippen LogP contribution in [0.3, 0.4) is 0 Å². The highest BCUT2D eigenvalue weighted by Gasteiger charge is 2.28. The number of aliphatic hydroxyl groups is 1. The van der Waals surface area contributed by atoms with Crippen LogP contribution in [0.15, 0.2) is 85.1 Å². The van der Waals surface area contributed by atoms with E-state index < -0.39 is 57.8 Å². The summed E-state index contributed by atoms with van der Waals surface area (Å²) in [7, 11) is -4.76. The van der Waals surface area contributed by atoms with Gasteiger partial charge >= 0.3 is 25.7 Å². The summed E-state index contributed by atoms with van der Waals surface area (Å²) in [4.78, 5) is 48.5. The molecule has 0 amide bonds. The van der Waals surface area contributed by atoms with Crippen molar-refractivity contribution in [1.29, 1.82) is 0 Å². The molecule has 2 N–H and O–H groups in total. The summed E-state index contributed by atoms with van der Waals surface area (Å²) >= 11 is 0. The molecule has 12 heteroatoms. The Bertz CT molecular complexity index is 1530. The van der Waals surface area contributed by atoms with Gasteiger partial charge in [0.2, 0.25) is 0 Å². The number of unbranched alkanes of at least 4 members (excludes halogenated alkanes) is 21. The van der Waals surface area contributed by atoms with Crippen molar-refractivity contribution in [1.82, 2.24) is 0 Å². The van der Waals surface area contributed by atoms with E-state index in [1.165, 1.54) is 70.6 Å². The molecule has 72 heavy (non-hydrogen) atoms. The molecule has 0 fully saturated rings. The molecule has 0 aromatic heterocycles. The summed E-state index contributed by atoms with van der Waals surface area (Å²) in [6, 6.07) is 0. The summed E-state index contributed by atoms with van der Waals surface area (Å²) in [5, 5.41) is 9.81. The maximum atomic E-state index is 12.9. The molecule has 0 rings (SSSR count). The lowest BCUT2D eigenvalue weighted by molar-refractivity contribution is -0.161. The molecule has 11 nitrogen and oxygen atoms in total. The summed E-state index contributed by atoms with van der Waals surface area (Å²) in [5.74, 6) is -1.53. The lowest BCUT2D eigenvalue weighted by Crippen LogP contribution is -2.30. The monoisotopic (exact) mass is 1030 g/mol. The lowest BCUT2D eigenvalue weighted by Gasteiger charge is -2.21. The minimum atomic E-state index is -4.76. The first-order chi connectivity index (χ1) is 35.2. The third-order valence-electron chi connectivity index (χ3n) is 11.8. The summed E-state index contributed by atoms with van der Waals surface area (Å²) in [6.07, 6.45) is 61.2. The molecule has 0 bridgehead atoms. The highest BCUT2D eigenvalue weighted by atomic mass is 31.2. The Morgan fingerprint density at radius 2 is 0.722 bits per heavy atom. The molecule has 0 heterocycles. The van der Waals surface area contributed by atoms with Crippen LogP contribution in [0.1, 0.15) is 239 Å². The highest BCUT2D eigenvalue weighted by molar-refractivity contribution is 7.47. The predicted molar refractivity (Wildman–Crippen MR) is 298 cm³/mol. The lowest BCUT2D eigenvalue weighted by atomic mass is 10.0. The molecule has 3 unspecified atom stereocenters. The average Bonchev–Trinajstić information content (AvgIpc) is 3.37. The van der Waals surface area contributed by atoms with Gasteiger partial charge in [0, 0.05) is 19.3 Å². The number of phosphoric acid groups is 1. The molecular weight excluding hydrogens is 928 g/mol. The first kappa shape index (κ1) is 68.7. The predicted octanol–water partition coefficient (Wildman–Crippen LogP) is 16.7. The van der Waals surface area contributed by atoms with Crippen LogP contribution < -0.4 is 0 Å². The van der Waals surface area contributed by atoms with Gasteiger partial charge in [-0.25, -0.2) is 4.57 Å². The minimum absolute atomic E-state index is 0.131. The van der Waals surface area contributed by atoms with Gasteiger partial charge in [0.1, 0.15) is 12.7 Å². The van der Waals surface area contributed by atoms with Crippen LogP contribution in [-0.2, 0) is 42.2 Å². The topological polar surface area (TPSA) is 155 Å². The zero-order valence-corrected chi connectivity index (χ0v) is 46.5. The van der Waals surface area contributed by atoms with E-state index in [1.54, 1.807) is 0 Å². The van der Waals surface area contributed by atoms with Gasteiger partial charge in [0.25, 0.3) is 0 Å². The second-order valence-corrected chi connectivity index (χ2v) is 20.1. The standard InChI is InChI=1S/C60H103O11P/c1-4-7-10-13-16-19-22-25-27-28-30-33-36-39-42-45-48-51-60(64)71-57(53-67-58(62)49-46-43-40-37-34-31-24-21-18-15-12-9-6-3)55-69-72(65,66)68-54-56(52-61)70-59(63)50-47-44-41-38-35-32-29-26-23-20-17-14-11-8-5-2/h7,9-10,12,16,18-19,21,25,27,30-31,33-34,56-57,61H,4-6,8,11,13-15,17,20,22-24,26,28-29,32,35-55H2,1-3H3,(H,65,66)/b10-7-,12-9-,19-16-,21-18-,27-25-,33-30-,34-31-. The first-order valence-corrected chi connectivity index (χ1v) is 30.0. The molecule has 3 atom stereocenters. The van der Waals surface area contributed by atoms with Gasteiger partial charge in [0.15, 0.2) is 6.10 Å². The fourth-order valence-electron chi connectivity index (χ4n) is 7.54. The van der Waals surface area contributed by atoms with Gasteiger partial charge in [-0.1, -0.05) is 215 Å². The van der Waals surface area contributed by atoms with E-state index in [4.69, 9.17) is 23.3 Å². The van der Waals surface area contributed by atoms with Gasteiger partial charge in [-0.2, -0.15) is 0 Å². The molecule has 414 valence electrons. The molecule has 0 aliphatic rings. The molecule has 0 aliphatic heterocycles. The van der Waals surface area contributed by atoms with E-state index in [2.05, 4.69) is 106 Å². The molecule has 0 saturated heterocycles. The second kappa shape index (κ2) is 53.9. The third-order valence-corrected chi connectivity index (χ3v) is 12.8. The van der Waals surface area contributed by atoms with Crippen LogP contribution in [-0.4, -0.2) is 66.5 Å². The highest BCUT2D eigenvalue weighted by Crippen LogP contribution is 2.43. The van der Waals surface area contributed by atoms with E-state index in [9.17, 15) is 28.9 Å². The number of rotatable bonds is 52. The Kier molecular flexibility index (Phi) is 51.4. The maximum Gasteiger partial charge on any atom is 0.472 e. The van der Waals surface area contributed by atoms with Crippen molar-refractivity contribution in [2.45, 2.75) is 251 Å². The van der Waals surface area contributed by atoms with Crippen LogP contribution in [0.5, 0.6) is 0 Å². The molecule has 0 aromatic carbocycles. The molecule has 0 spiro atoms. The number of ether oxygens (including phenoxy) is 3. The van der Waals surface area contributed by atoms with Crippen molar-refractivity contribution in [2.24, 2.45) is 0 Å². The van der Waals surface area contributed by atoms with Gasteiger partial charge in [-0.3, -0.25) is 23.4 Å². The zero-order chi connectivity index (χ0) is 52.7. The minimum Gasteiger partial charge on any atom is -0.462 e. The average molecular weight is 1030 g/mol. The van der Waals surface area contributed by atoms with E-state index in [0.29, 0.717) is 19.3 Å². The van der Waals surface area contributed by atoms with Crippen molar-refractivity contribution < 1.29 is 52.2 Å². The number of carbonyl (C=O) groups excluding carboxylic acids is 3. The fraction of sp³-hybridized carbons (Fsp3) is 0.717. The van der Waals surface area contributed by atoms with Crippen molar-refractivity contribution in [3.8, 4) is 0 Å². The fourth-order valence-corrected chi connectivity index (χ4v) is 8.32. The Hall–Kier alpha value is -3.34. The quantitative estimate of drug-likeness (QED) is 0.0197. The Labute approximate surface area is 439 Å². The zero-order valence-electron chi connectivity index (χ0n) is 45.6. The molecule has 0 aliphatic carbocycles. The first-order valence-electron chi connectivity index (χ1n) is 28.5. The summed E-state index contributed by atoms with van der Waals surface area (Å²) in [5.41, 5.74) is 0. The van der Waals surface area contributed by atoms with E-state index in [-0.39, 0.29) is 25.9 Å². The number of esters is 3. The number of hydrogen-bond acceptors (Lipinski definition) is 10. The van der Waals surface area contributed by atoms with E-state index >= 15 is 0 Å². The number of allylic oxidation sites excluding steroid dienone is 14. The Balaban J connectivity index is 4.77. The van der Waals surface area contributed by atoms with Gasteiger partial charge in [-0.05, 0) is 89.9 Å². The second-order valence-electron chi connectivity index (χ2n) is 18.7. The molecule has 0 saturated carbocycles. The summed E-state index contributed by atoms with van der Waals surface area (Å²) in [6.45, 7) is 4.36. The van der Waals surface area contributed by atoms with E-state index in [0.717, 1.165) is 109 Å². The van der Waals surface area contributed by atoms with Crippen molar-refractivity contribution in [3.63, 3.8) is 0 Å². The molecule has 0 radical (unpaired) electrons. The normalized spacial score (nSPS) is 14.0. The smallest absolute Gasteiger partial charge is 0.462 e. The van der Waals surface area contributed by atoms with Gasteiger partial charge in [0.05, 0.1) is 19.8 Å². The molecule has 0 aromatic rings. The number of aliphatic hydroxyl groups excluding tert-OH is 1. The maximum absolute atomic E-state index is 12.9. The van der Waals surface area contributed by atoms with Crippen LogP contribution in [0.25, 0.3) is 0 Å². The number of phosphoric ester groups is 1. The molecular formula is C60H103O11P. The van der Waals surface area contributed by atoms with Crippen molar-refractivity contribution in [2.75, 3.05) is 26.4 Å². The van der Waals surface area contributed by atoms with Gasteiger partial charge in [-0.15, -0.1) is 0 Å². The summed E-state index contributed by atoms with van der Waals surface area (Å²) < 4.78 is 39.4. The van der Waals surface area contributed by atoms with Crippen LogP contribution in [0.2, 0.25) is 0 Å². The van der Waals surface area contributed by atoms with Crippen molar-refractivity contribution >= 4 is 25.7 Å². The van der Waals surface area contributed by atoms with Gasteiger partial charge < -0.3 is 24.2 Å². The SMILES string of the molecule is CC/C=C\C/C=C\C/C=C\C/C=C\CCCCCCC(=O)OC(COC(=O)CCCCC/C=C\C/C=C\C/C=C\CC)COP(=O)(O)OCC(CO)OC(=O)CCCCCCCCCCCCCCCCC. The van der Waals surface area contributed by atoms with Crippen LogP contribution in [0.4, 0.5) is 0 Å². The van der Waals surface area contributed by atoms with Crippen molar-refractivity contribution in [3.05, 3.63) is 85.1 Å². The Morgan fingerprint density at radius 1 is 0.403 bits per heavy atom.